The van der Waals surface area contributed by atoms with E-state index in [1.807, 2.05) is 56.3 Å². The summed E-state index contributed by atoms with van der Waals surface area (Å²) in [4.78, 5) is 129. The third-order valence-electron chi connectivity index (χ3n) is 22.8. The molecule has 0 radical (unpaired) electrons. The smallest absolute Gasteiger partial charge is 0.415 e. The summed E-state index contributed by atoms with van der Waals surface area (Å²) in [5, 5.41) is 40.5. The highest BCUT2D eigenvalue weighted by atomic mass is 35.5. The van der Waals surface area contributed by atoms with Crippen LogP contribution >= 0.6 is 23.2 Å². The zero-order valence-corrected chi connectivity index (χ0v) is 66.7. The molecule has 12 atom stereocenters. The van der Waals surface area contributed by atoms with E-state index >= 15 is 9.59 Å². The summed E-state index contributed by atoms with van der Waals surface area (Å²) in [5.74, 6) is -2.52. The van der Waals surface area contributed by atoms with Gasteiger partial charge in [0, 0.05) is 130 Å². The molecule has 3 unspecified atom stereocenters. The molecule has 1 saturated heterocycles. The van der Waals surface area contributed by atoms with Gasteiger partial charge >= 0.3 is 18.2 Å². The molecule has 4 fully saturated rings. The number of nitrogens with two attached hydrogens (primary N) is 2. The average molecular weight is 1630 g/mol. The van der Waals surface area contributed by atoms with Crippen LogP contribution in [0.5, 0.6) is 11.5 Å². The largest absolute Gasteiger partial charge is 0.461 e. The topological polar surface area (TPSA) is 396 Å². The van der Waals surface area contributed by atoms with Gasteiger partial charge in [-0.3, -0.25) is 28.8 Å². The first-order valence-corrected chi connectivity index (χ1v) is 40.1. The number of amides is 7. The van der Waals surface area contributed by atoms with Gasteiger partial charge in [0.25, 0.3) is 0 Å². The SMILES string of the molecule is CC(=O)[C@H]1O[C@@H](Oc2cc3c(c4ccccc24)[C@H](CCl)CN3C(=O)C23CC4(C(=O)N5C[C@@H](CCl)c6c5cc(OC(=O)N(C)CCN(C)C(=O)OCc5ccc(CC(=O)[C@H](CCCNC(N)=O)NC(=O)[C@@H](CC(=O)CCOCCOCCOCCOCCOCCOCCN)C(C)C)cc5)c5ccccc65)CC42C3)[C@H](O)[C@@H](O)[C@@H]1O. The molecule has 3 saturated carbocycles. The number of urea groups is 1. The van der Waals surface area contributed by atoms with Gasteiger partial charge in [0.05, 0.1) is 108 Å². The highest BCUT2D eigenvalue weighted by molar-refractivity contribution is 6.20. The summed E-state index contributed by atoms with van der Waals surface area (Å²) < 4.78 is 56.7. The Morgan fingerprint density at radius 3 is 1.62 bits per heavy atom. The quantitative estimate of drug-likeness (QED) is 0.0164. The highest BCUT2D eigenvalue weighted by Crippen LogP contribution is 3.01. The number of ether oxygens (including phenoxy) is 10. The van der Waals surface area contributed by atoms with Gasteiger partial charge in [-0.15, -0.1) is 23.2 Å². The molecule has 11 rings (SSSR count). The van der Waals surface area contributed by atoms with E-state index in [2.05, 4.69) is 10.6 Å². The van der Waals surface area contributed by atoms with Crippen molar-refractivity contribution in [3.05, 3.63) is 107 Å². The number of aliphatic hydroxyl groups is 3. The lowest BCUT2D eigenvalue weighted by atomic mass is 9.72. The maximum atomic E-state index is 15.4. The molecule has 5 aromatic carbocycles. The van der Waals surface area contributed by atoms with E-state index in [0.717, 1.165) is 21.9 Å². The van der Waals surface area contributed by atoms with Gasteiger partial charge in [0.2, 0.25) is 24.0 Å². The molecule has 30 nitrogen and oxygen atoms in total. The molecule has 0 bridgehead atoms. The Bertz CT molecular complexity index is 4280. The number of carbonyl (C=O) groups is 9. The second-order valence-electron chi connectivity index (χ2n) is 30.7. The molecular formula is C82H106Cl2N8O22. The van der Waals surface area contributed by atoms with Crippen LogP contribution in [0.4, 0.5) is 25.8 Å². The Hall–Kier alpha value is -8.21. The number of nitrogens with one attached hydrogen (secondary N) is 2. The summed E-state index contributed by atoms with van der Waals surface area (Å²) in [6.07, 6.45) is -7.85. The number of primary amides is 1. The Morgan fingerprint density at radius 1 is 0.632 bits per heavy atom. The van der Waals surface area contributed by atoms with Gasteiger partial charge in [0.1, 0.15) is 48.3 Å². The van der Waals surface area contributed by atoms with Gasteiger partial charge < -0.3 is 104 Å². The van der Waals surface area contributed by atoms with Crippen LogP contribution in [0.3, 0.4) is 0 Å². The Kier molecular flexibility index (Phi) is 29.8. The average Bonchev–Trinajstić information content (AvgIpc) is 1.39. The summed E-state index contributed by atoms with van der Waals surface area (Å²) >= 11 is 13.4. The van der Waals surface area contributed by atoms with Crippen LogP contribution in [0.25, 0.3) is 21.5 Å². The maximum absolute atomic E-state index is 15.4. The van der Waals surface area contributed by atoms with Crippen molar-refractivity contribution in [2.45, 2.75) is 127 Å². The van der Waals surface area contributed by atoms with Gasteiger partial charge in [0.15, 0.2) is 11.6 Å². The zero-order valence-electron chi connectivity index (χ0n) is 65.2. The lowest BCUT2D eigenvalue weighted by Crippen LogP contribution is -2.60. The fourth-order valence-corrected chi connectivity index (χ4v) is 17.0. The maximum Gasteiger partial charge on any atom is 0.415 e. The number of benzene rings is 5. The Labute approximate surface area is 672 Å². The van der Waals surface area contributed by atoms with E-state index in [-0.39, 0.29) is 143 Å². The molecule has 620 valence electrons. The van der Waals surface area contributed by atoms with Crippen molar-refractivity contribution >= 4 is 109 Å². The molecule has 114 heavy (non-hydrogen) atoms. The summed E-state index contributed by atoms with van der Waals surface area (Å²) in [7, 11) is 3.06. The molecule has 3 heterocycles. The molecule has 5 aromatic rings. The predicted octanol–water partition coefficient (Wildman–Crippen LogP) is 6.40. The molecule has 0 aromatic heterocycles. The molecule has 6 aliphatic rings. The first-order chi connectivity index (χ1) is 54.8. The molecule has 1 spiro atoms. The third kappa shape index (κ3) is 19.4. The van der Waals surface area contributed by atoms with E-state index in [4.69, 9.17) is 82.0 Å². The molecule has 3 aliphatic heterocycles. The van der Waals surface area contributed by atoms with Crippen LogP contribution in [0.1, 0.15) is 99.8 Å². The highest BCUT2D eigenvalue weighted by Gasteiger charge is 3.01. The van der Waals surface area contributed by atoms with Crippen molar-refractivity contribution in [1.82, 2.24) is 20.4 Å². The number of aliphatic hydroxyl groups excluding tert-OH is 3. The third-order valence-corrected chi connectivity index (χ3v) is 23.6. The Balaban J connectivity index is 0.636. The van der Waals surface area contributed by atoms with Crippen molar-refractivity contribution < 1.29 is 106 Å². The number of rotatable bonds is 45. The number of Topliss-reactive ketones (excluding diaryl/α,β-unsaturated/α-hetero) is 3. The number of nitrogens with zero attached hydrogens (tertiary/aromatic N) is 4. The molecular weight excluding hydrogens is 1520 g/mol. The molecule has 32 heteroatoms. The van der Waals surface area contributed by atoms with Gasteiger partial charge in [-0.2, -0.15) is 0 Å². The fourth-order valence-electron chi connectivity index (χ4n) is 16.5. The first kappa shape index (κ1) is 86.6. The van der Waals surface area contributed by atoms with Crippen LogP contribution in [-0.2, 0) is 79.7 Å². The van der Waals surface area contributed by atoms with E-state index in [1.165, 1.54) is 30.8 Å². The number of ketones is 3. The van der Waals surface area contributed by atoms with E-state index in [0.29, 0.717) is 132 Å². The molecule has 7 amide bonds. The van der Waals surface area contributed by atoms with Crippen LogP contribution in [0.15, 0.2) is 84.9 Å². The van der Waals surface area contributed by atoms with Gasteiger partial charge in [-0.05, 0) is 78.0 Å². The van der Waals surface area contributed by atoms with Crippen molar-refractivity contribution in [2.75, 3.05) is 154 Å². The Morgan fingerprint density at radius 2 is 1.12 bits per heavy atom. The second-order valence-corrected chi connectivity index (χ2v) is 31.3. The van der Waals surface area contributed by atoms with Crippen LogP contribution in [0, 0.1) is 28.1 Å². The minimum Gasteiger partial charge on any atom is -0.461 e. The van der Waals surface area contributed by atoms with Crippen molar-refractivity contribution in [2.24, 2.45) is 39.5 Å². The number of hydrogen-bond donors (Lipinski definition) is 7. The lowest BCUT2D eigenvalue weighted by Gasteiger charge is -2.39. The summed E-state index contributed by atoms with van der Waals surface area (Å²) in [6, 6.07) is 23.3. The minimum atomic E-state index is -1.75. The van der Waals surface area contributed by atoms with Gasteiger partial charge in [-0.25, -0.2) is 14.4 Å². The number of anilines is 2. The number of likely N-dealkylation sites (N-methyl/N-ethyl adjacent to an activating group) is 2. The van der Waals surface area contributed by atoms with Crippen molar-refractivity contribution in [3.8, 4) is 11.5 Å². The van der Waals surface area contributed by atoms with Crippen LogP contribution in [0.2, 0.25) is 0 Å². The lowest BCUT2D eigenvalue weighted by molar-refractivity contribution is -0.265. The zero-order chi connectivity index (χ0) is 81.6. The normalized spacial score (nSPS) is 23.4. The van der Waals surface area contributed by atoms with Crippen molar-refractivity contribution in [1.29, 1.82) is 0 Å². The molecule has 3 aliphatic carbocycles. The predicted molar refractivity (Wildman–Crippen MR) is 421 cm³/mol. The van der Waals surface area contributed by atoms with E-state index in [1.54, 1.807) is 52.3 Å². The van der Waals surface area contributed by atoms with Crippen molar-refractivity contribution in [3.63, 3.8) is 0 Å². The second kappa shape index (κ2) is 39.2. The minimum absolute atomic E-state index is 0.0370. The number of alkyl halides is 2. The van der Waals surface area contributed by atoms with E-state index in [9.17, 15) is 48.9 Å². The first-order valence-electron chi connectivity index (χ1n) is 39.0. The fraction of sp³-hybridized carbons (Fsp3) is 0.573. The van der Waals surface area contributed by atoms with Crippen LogP contribution < -0.4 is 41.4 Å². The number of hydrogen-bond acceptors (Lipinski definition) is 23. The summed E-state index contributed by atoms with van der Waals surface area (Å²) in [5.41, 5.74) is 12.4. The monoisotopic (exact) mass is 1620 g/mol. The number of halogens is 2. The van der Waals surface area contributed by atoms with Gasteiger partial charge in [-0.1, -0.05) is 86.6 Å². The number of carbonyl (C=O) groups excluding carboxylic acids is 9. The van der Waals surface area contributed by atoms with Crippen LogP contribution in [-0.4, -0.2) is 260 Å². The standard InChI is InChI=1S/C82H106Cl2N8O22/c1-49(2)60(38-55(94)20-25-105-27-29-107-31-33-109-35-36-110-34-32-108-30-28-106-26-21-85)73(99)88-61(15-10-22-87-77(86)102)64(95)37-51-16-18-52(19-17-51)45-111-78(103)89(4)23-24-90(5)79(104)113-66-40-63-68(59-14-9-7-12-57(59)66)54(42-84)44-92(63)76(101)81-46-80(47-82(80,81)48-81)75(100)91-43-53(41-83)67-58-13-8-6-11-56(58)65(39-62(67)91)112-74-71(98)69(96)70(97)72(114-74)50(3)93/h6-9,11-14,16-19,39-40,49,53-54,60-61,69-72,74,96-98H,10,15,20-38,41-48,85H2,1-5H3,(H,88,99)(H3,86,87,102)/t53-,54-,60+,61+,69+,70+,71-,72-,74-,80?,81?,82?/m1/s1. The number of fused-ring (bicyclic) bond motifs is 6. The van der Waals surface area contributed by atoms with E-state index < -0.39 is 88.8 Å². The molecule has 9 N–H and O–H groups in total. The summed E-state index contributed by atoms with van der Waals surface area (Å²) in [6.45, 7) is 10.6.